The van der Waals surface area contributed by atoms with E-state index in [-0.39, 0.29) is 0 Å². The molecule has 0 unspecified atom stereocenters. The van der Waals surface area contributed by atoms with E-state index in [2.05, 4.69) is 25.5 Å². The van der Waals surface area contributed by atoms with Crippen LogP contribution in [0.3, 0.4) is 0 Å². The molecule has 0 aliphatic rings. The van der Waals surface area contributed by atoms with Crippen LogP contribution in [-0.2, 0) is 0 Å². The first kappa shape index (κ1) is 22.1. The molecule has 2 aromatic carbocycles. The number of nitrogens with zero attached hydrogens (tertiary/aromatic N) is 3. The summed E-state index contributed by atoms with van der Waals surface area (Å²) in [6, 6.07) is 10.0. The van der Waals surface area contributed by atoms with E-state index in [0.717, 1.165) is 25.0 Å². The topological polar surface area (TPSA) is 70.2 Å². The van der Waals surface area contributed by atoms with Crippen LogP contribution in [0.5, 0.6) is 0 Å². The Balaban J connectivity index is 1.72. The molecule has 0 radical (unpaired) electrons. The van der Waals surface area contributed by atoms with Crippen LogP contribution in [0.2, 0.25) is 0 Å². The van der Waals surface area contributed by atoms with Gasteiger partial charge in [0.05, 0.1) is 5.56 Å². The van der Waals surface area contributed by atoms with Gasteiger partial charge in [-0.1, -0.05) is 0 Å². The molecule has 0 atom stereocenters. The summed E-state index contributed by atoms with van der Waals surface area (Å²) >= 11 is 0. The maximum Gasteiger partial charge on any atom is 0.258 e. The summed E-state index contributed by atoms with van der Waals surface area (Å²) in [5, 5.41) is 5.64. The molecule has 0 aliphatic carbocycles. The van der Waals surface area contributed by atoms with Gasteiger partial charge < -0.3 is 15.5 Å². The van der Waals surface area contributed by atoms with Gasteiger partial charge in [0.15, 0.2) is 17.5 Å². The highest BCUT2D eigenvalue weighted by Crippen LogP contribution is 2.22. The summed E-state index contributed by atoms with van der Waals surface area (Å²) in [4.78, 5) is 23.1. The molecule has 0 aliphatic heterocycles. The number of hydrogen-bond acceptors (Lipinski definition) is 5. The molecule has 0 saturated heterocycles. The molecule has 1 heterocycles. The molecule has 3 rings (SSSR count). The summed E-state index contributed by atoms with van der Waals surface area (Å²) in [7, 11) is 0. The molecule has 1 amide bonds. The van der Waals surface area contributed by atoms with Gasteiger partial charge in [0.2, 0.25) is 0 Å². The molecule has 3 aromatic rings. The van der Waals surface area contributed by atoms with Gasteiger partial charge in [0, 0.05) is 30.5 Å². The van der Waals surface area contributed by atoms with E-state index in [4.69, 9.17) is 0 Å². The van der Waals surface area contributed by atoms with Gasteiger partial charge in [-0.25, -0.2) is 23.1 Å². The Labute approximate surface area is 178 Å². The molecule has 31 heavy (non-hydrogen) atoms. The maximum atomic E-state index is 13.8. The quantitative estimate of drug-likeness (QED) is 0.515. The van der Waals surface area contributed by atoms with Gasteiger partial charge >= 0.3 is 0 Å². The molecule has 2 N–H and O–H groups in total. The summed E-state index contributed by atoms with van der Waals surface area (Å²) in [6.07, 6.45) is 0. The lowest BCUT2D eigenvalue weighted by Gasteiger charge is -2.20. The van der Waals surface area contributed by atoms with Crippen molar-refractivity contribution in [3.05, 3.63) is 71.3 Å². The Morgan fingerprint density at radius 1 is 0.935 bits per heavy atom. The Hall–Kier alpha value is -3.62. The summed E-state index contributed by atoms with van der Waals surface area (Å²) in [6.45, 7) is 7.55. The molecule has 1 aromatic heterocycles. The van der Waals surface area contributed by atoms with Crippen LogP contribution in [0.4, 0.5) is 36.2 Å². The molecule has 0 fully saturated rings. The van der Waals surface area contributed by atoms with Crippen LogP contribution >= 0.6 is 0 Å². The number of aromatic nitrogens is 2. The first-order chi connectivity index (χ1) is 14.8. The van der Waals surface area contributed by atoms with Crippen molar-refractivity contribution < 1.29 is 18.0 Å². The third-order valence-electron chi connectivity index (χ3n) is 4.61. The number of rotatable bonds is 7. The van der Waals surface area contributed by atoms with E-state index >= 15 is 0 Å². The Morgan fingerprint density at radius 2 is 1.58 bits per heavy atom. The van der Waals surface area contributed by atoms with Crippen LogP contribution in [0.15, 0.2) is 42.5 Å². The average Bonchev–Trinajstić information content (AvgIpc) is 2.74. The van der Waals surface area contributed by atoms with Gasteiger partial charge in [0.1, 0.15) is 17.5 Å². The minimum Gasteiger partial charge on any atom is -0.357 e. The van der Waals surface area contributed by atoms with Crippen LogP contribution in [0.25, 0.3) is 0 Å². The predicted molar refractivity (Wildman–Crippen MR) is 114 cm³/mol. The number of aryl methyl sites for hydroxylation is 1. The number of halogens is 3. The van der Waals surface area contributed by atoms with Gasteiger partial charge in [0.25, 0.3) is 5.91 Å². The van der Waals surface area contributed by atoms with Gasteiger partial charge in [-0.2, -0.15) is 0 Å². The van der Waals surface area contributed by atoms with Crippen molar-refractivity contribution in [2.24, 2.45) is 0 Å². The second-order valence-corrected chi connectivity index (χ2v) is 6.71. The van der Waals surface area contributed by atoms with Crippen molar-refractivity contribution >= 4 is 28.9 Å². The van der Waals surface area contributed by atoms with Crippen molar-refractivity contribution in [2.75, 3.05) is 28.6 Å². The zero-order valence-electron chi connectivity index (χ0n) is 17.3. The molecular weight excluding hydrogens is 407 g/mol. The molecular formula is C22H22F3N5O. The standard InChI is InChI=1S/C22H22F3N5O/c1-4-30(5-2)19-12-18(26-13(3)27-19)28-14-6-8-15(9-7-14)29-22(31)16-10-11-17(23)21(25)20(16)24/h6-12H,4-5H2,1-3H3,(H,29,31)(H,26,27,28). The summed E-state index contributed by atoms with van der Waals surface area (Å²) in [5.41, 5.74) is 0.490. The van der Waals surface area contributed by atoms with E-state index < -0.39 is 28.9 Å². The van der Waals surface area contributed by atoms with E-state index in [1.165, 1.54) is 0 Å². The van der Waals surface area contributed by atoms with Gasteiger partial charge in [-0.3, -0.25) is 4.79 Å². The van der Waals surface area contributed by atoms with Crippen LogP contribution < -0.4 is 15.5 Å². The first-order valence-electron chi connectivity index (χ1n) is 9.75. The molecule has 6 nitrogen and oxygen atoms in total. The van der Waals surface area contributed by atoms with E-state index in [1.54, 1.807) is 24.3 Å². The third kappa shape index (κ3) is 5.11. The van der Waals surface area contributed by atoms with Crippen molar-refractivity contribution in [2.45, 2.75) is 20.8 Å². The van der Waals surface area contributed by atoms with Crippen molar-refractivity contribution in [1.82, 2.24) is 9.97 Å². The fourth-order valence-corrected chi connectivity index (χ4v) is 3.01. The zero-order valence-corrected chi connectivity index (χ0v) is 17.3. The van der Waals surface area contributed by atoms with Crippen LogP contribution in [0.1, 0.15) is 30.0 Å². The fraction of sp³-hybridized carbons (Fsp3) is 0.227. The normalized spacial score (nSPS) is 10.6. The number of carbonyl (C=O) groups is 1. The smallest absolute Gasteiger partial charge is 0.258 e. The van der Waals surface area contributed by atoms with Crippen LogP contribution in [-0.4, -0.2) is 29.0 Å². The lowest BCUT2D eigenvalue weighted by molar-refractivity contribution is 0.102. The Morgan fingerprint density at radius 3 is 2.23 bits per heavy atom. The minimum absolute atomic E-state index is 0.363. The second kappa shape index (κ2) is 9.46. The largest absolute Gasteiger partial charge is 0.357 e. The van der Waals surface area contributed by atoms with Crippen molar-refractivity contribution in [1.29, 1.82) is 0 Å². The number of anilines is 4. The monoisotopic (exact) mass is 429 g/mol. The number of carbonyl (C=O) groups excluding carboxylic acids is 1. The van der Waals surface area contributed by atoms with Gasteiger partial charge in [-0.15, -0.1) is 0 Å². The first-order valence-corrected chi connectivity index (χ1v) is 9.75. The highest BCUT2D eigenvalue weighted by molar-refractivity contribution is 6.04. The highest BCUT2D eigenvalue weighted by atomic mass is 19.2. The van der Waals surface area contributed by atoms with Crippen molar-refractivity contribution in [3.63, 3.8) is 0 Å². The molecule has 9 heteroatoms. The van der Waals surface area contributed by atoms with Crippen LogP contribution in [0, 0.1) is 24.4 Å². The Bertz CT molecular complexity index is 1090. The van der Waals surface area contributed by atoms with E-state index in [0.29, 0.717) is 29.1 Å². The third-order valence-corrected chi connectivity index (χ3v) is 4.61. The van der Waals surface area contributed by atoms with E-state index in [1.807, 2.05) is 26.8 Å². The zero-order chi connectivity index (χ0) is 22.5. The molecule has 0 saturated carbocycles. The number of hydrogen-bond donors (Lipinski definition) is 2. The summed E-state index contributed by atoms with van der Waals surface area (Å²) in [5.74, 6) is -3.38. The molecule has 162 valence electrons. The lowest BCUT2D eigenvalue weighted by Crippen LogP contribution is -2.23. The predicted octanol–water partition coefficient (Wildman–Crippen LogP) is 5.04. The number of nitrogens with one attached hydrogen (secondary N) is 2. The van der Waals surface area contributed by atoms with Gasteiger partial charge in [-0.05, 0) is 57.2 Å². The lowest BCUT2D eigenvalue weighted by atomic mass is 10.1. The number of amides is 1. The Kier molecular flexibility index (Phi) is 6.74. The molecule has 0 spiro atoms. The molecule has 0 bridgehead atoms. The second-order valence-electron chi connectivity index (χ2n) is 6.71. The SMILES string of the molecule is CCN(CC)c1cc(Nc2ccc(NC(=O)c3ccc(F)c(F)c3F)cc2)nc(C)n1. The minimum atomic E-state index is -1.68. The average molecular weight is 429 g/mol. The maximum absolute atomic E-state index is 13.8. The number of benzene rings is 2. The summed E-state index contributed by atoms with van der Waals surface area (Å²) < 4.78 is 40.2. The fourth-order valence-electron chi connectivity index (χ4n) is 3.01. The highest BCUT2D eigenvalue weighted by Gasteiger charge is 2.19. The van der Waals surface area contributed by atoms with Crippen molar-refractivity contribution in [3.8, 4) is 0 Å². The van der Waals surface area contributed by atoms with E-state index in [9.17, 15) is 18.0 Å².